The van der Waals surface area contributed by atoms with E-state index in [1.54, 1.807) is 40.1 Å². The van der Waals surface area contributed by atoms with Crippen molar-refractivity contribution in [3.8, 4) is 0 Å². The van der Waals surface area contributed by atoms with E-state index < -0.39 is 29.6 Å². The average Bonchev–Trinajstić information content (AvgIpc) is 3.23. The third kappa shape index (κ3) is 3.70. The molecule has 0 radical (unpaired) electrons. The number of ether oxygens (including phenoxy) is 1. The first-order valence-electron chi connectivity index (χ1n) is 12.8. The Bertz CT molecular complexity index is 1330. The highest BCUT2D eigenvalue weighted by Gasteiger charge is 2.71. The summed E-state index contributed by atoms with van der Waals surface area (Å²) >= 11 is 6.47. The fourth-order valence-corrected chi connectivity index (χ4v) is 6.58. The van der Waals surface area contributed by atoms with Gasteiger partial charge in [0.05, 0.1) is 28.6 Å². The van der Waals surface area contributed by atoms with Crippen molar-refractivity contribution in [1.82, 2.24) is 4.90 Å². The van der Waals surface area contributed by atoms with Crippen LogP contribution in [0.3, 0.4) is 0 Å². The molecule has 3 amide bonds. The first-order valence-corrected chi connectivity index (χ1v) is 13.2. The predicted octanol–water partition coefficient (Wildman–Crippen LogP) is 2.81. The number of halogens is 1. The van der Waals surface area contributed by atoms with E-state index in [4.69, 9.17) is 16.3 Å². The van der Waals surface area contributed by atoms with Gasteiger partial charge in [0.1, 0.15) is 11.6 Å². The van der Waals surface area contributed by atoms with Crippen LogP contribution in [0.25, 0.3) is 0 Å². The Kier molecular flexibility index (Phi) is 6.34. The Hall–Kier alpha value is -3.46. The quantitative estimate of drug-likeness (QED) is 0.597. The fraction of sp³-hybridized carbons (Fsp3) is 0.345. The van der Waals surface area contributed by atoms with Gasteiger partial charge in [-0.15, -0.1) is 0 Å². The summed E-state index contributed by atoms with van der Waals surface area (Å²) in [5.74, 6) is -2.54. The highest BCUT2D eigenvalue weighted by molar-refractivity contribution is 6.34. The number of hydrogen-bond donors (Lipinski definition) is 1. The summed E-state index contributed by atoms with van der Waals surface area (Å²) < 4.78 is 6.63. The van der Waals surface area contributed by atoms with Gasteiger partial charge in [0.25, 0.3) is 5.91 Å². The van der Waals surface area contributed by atoms with Gasteiger partial charge in [0.15, 0.2) is 0 Å². The zero-order valence-electron chi connectivity index (χ0n) is 20.7. The molecule has 196 valence electrons. The molecule has 9 heteroatoms. The molecule has 0 bridgehead atoms. The lowest BCUT2D eigenvalue weighted by atomic mass is 9.77. The van der Waals surface area contributed by atoms with E-state index in [1.807, 2.05) is 48.6 Å². The summed E-state index contributed by atoms with van der Waals surface area (Å²) in [5.41, 5.74) is -0.0492. The molecule has 0 saturated carbocycles. The number of carbonyl (C=O) groups excluding carboxylic acids is 3. The van der Waals surface area contributed by atoms with E-state index in [1.165, 1.54) is 4.90 Å². The summed E-state index contributed by atoms with van der Waals surface area (Å²) in [5, 5.41) is 9.98. The maximum atomic E-state index is 14.3. The van der Waals surface area contributed by atoms with E-state index >= 15 is 0 Å². The van der Waals surface area contributed by atoms with Crippen LogP contribution in [-0.2, 0) is 19.1 Å². The van der Waals surface area contributed by atoms with Crippen molar-refractivity contribution >= 4 is 40.7 Å². The smallest absolute Gasteiger partial charge is 0.253 e. The third-order valence-corrected chi connectivity index (χ3v) is 8.25. The summed E-state index contributed by atoms with van der Waals surface area (Å²) in [6.07, 6.45) is 7.00. The number of nitrogens with zero attached hydrogens (tertiary/aromatic N) is 3. The molecule has 38 heavy (non-hydrogen) atoms. The SMILES string of the molecule is O=C1[C@@H]2[C@H]3C(=O)N(CCCO)C4C(=O)N(c5ccccc5Cl)CC=C[C@@]43O[C@@H]2C=CCN1c1ccccc1. The summed E-state index contributed by atoms with van der Waals surface area (Å²) in [6, 6.07) is 15.4. The summed E-state index contributed by atoms with van der Waals surface area (Å²) in [4.78, 5) is 47.2. The number of rotatable bonds is 5. The summed E-state index contributed by atoms with van der Waals surface area (Å²) in [6.45, 7) is 0.637. The number of aliphatic hydroxyl groups excluding tert-OH is 1. The predicted molar refractivity (Wildman–Crippen MR) is 143 cm³/mol. The molecular weight excluding hydrogens is 506 g/mol. The minimum Gasteiger partial charge on any atom is -0.396 e. The number of amides is 3. The highest BCUT2D eigenvalue weighted by Crippen LogP contribution is 2.54. The van der Waals surface area contributed by atoms with Crippen molar-refractivity contribution in [1.29, 1.82) is 0 Å². The Morgan fingerprint density at radius 2 is 1.66 bits per heavy atom. The normalized spacial score (nSPS) is 30.3. The molecule has 2 aromatic rings. The monoisotopic (exact) mass is 533 g/mol. The van der Waals surface area contributed by atoms with Gasteiger partial charge < -0.3 is 24.5 Å². The number of anilines is 2. The van der Waals surface area contributed by atoms with E-state index in [0.29, 0.717) is 23.7 Å². The van der Waals surface area contributed by atoms with Crippen molar-refractivity contribution in [3.05, 3.63) is 83.9 Å². The summed E-state index contributed by atoms with van der Waals surface area (Å²) in [7, 11) is 0. The lowest BCUT2D eigenvalue weighted by Crippen LogP contribution is -2.55. The topological polar surface area (TPSA) is 90.4 Å². The molecule has 0 aliphatic carbocycles. The zero-order chi connectivity index (χ0) is 26.4. The van der Waals surface area contributed by atoms with Crippen LogP contribution < -0.4 is 9.80 Å². The first kappa shape index (κ1) is 24.9. The lowest BCUT2D eigenvalue weighted by Gasteiger charge is -2.35. The molecule has 6 rings (SSSR count). The van der Waals surface area contributed by atoms with Crippen LogP contribution in [-0.4, -0.2) is 71.7 Å². The van der Waals surface area contributed by atoms with Gasteiger partial charge in [-0.05, 0) is 30.7 Å². The minimum absolute atomic E-state index is 0.136. The Morgan fingerprint density at radius 3 is 2.42 bits per heavy atom. The maximum Gasteiger partial charge on any atom is 0.253 e. The highest BCUT2D eigenvalue weighted by atomic mass is 35.5. The number of carbonyl (C=O) groups is 3. The number of benzene rings is 2. The molecule has 5 atom stereocenters. The fourth-order valence-electron chi connectivity index (χ4n) is 6.34. The largest absolute Gasteiger partial charge is 0.396 e. The van der Waals surface area contributed by atoms with Crippen molar-refractivity contribution in [2.45, 2.75) is 24.2 Å². The van der Waals surface area contributed by atoms with Gasteiger partial charge in [0.2, 0.25) is 11.8 Å². The van der Waals surface area contributed by atoms with E-state index in [9.17, 15) is 19.5 Å². The zero-order valence-corrected chi connectivity index (χ0v) is 21.4. The first-order chi connectivity index (χ1) is 18.5. The number of hydrogen-bond acceptors (Lipinski definition) is 5. The van der Waals surface area contributed by atoms with Crippen LogP contribution in [0.5, 0.6) is 0 Å². The van der Waals surface area contributed by atoms with Crippen LogP contribution in [0.4, 0.5) is 11.4 Å². The van der Waals surface area contributed by atoms with Crippen molar-refractivity contribution < 1.29 is 24.2 Å². The number of aliphatic hydroxyl groups is 1. The average molecular weight is 534 g/mol. The Morgan fingerprint density at radius 1 is 0.921 bits per heavy atom. The molecule has 0 aromatic heterocycles. The maximum absolute atomic E-state index is 14.3. The van der Waals surface area contributed by atoms with Crippen LogP contribution in [0.1, 0.15) is 6.42 Å². The minimum atomic E-state index is -1.32. The second-order valence-corrected chi connectivity index (χ2v) is 10.4. The van der Waals surface area contributed by atoms with Gasteiger partial charge in [0, 0.05) is 31.9 Å². The number of fused-ring (bicyclic) bond motifs is 2. The molecule has 8 nitrogen and oxygen atoms in total. The molecule has 2 aromatic carbocycles. The van der Waals surface area contributed by atoms with Gasteiger partial charge in [-0.1, -0.05) is 66.2 Å². The molecule has 1 N–H and O–H groups in total. The molecule has 1 unspecified atom stereocenters. The van der Waals surface area contributed by atoms with Crippen LogP contribution in [0.15, 0.2) is 78.9 Å². The van der Waals surface area contributed by atoms with Crippen LogP contribution in [0, 0.1) is 11.8 Å². The standard InChI is InChI=1S/C29H28ClN3O5/c30-20-11-4-5-12-21(20)32-16-7-14-29-24(27(36)33(17-8-18-34)25(29)28(32)37)23-22(38-29)13-6-15-31(26(23)35)19-9-2-1-3-10-19/h1-7,9-14,22-25,34H,8,15-18H2/t22-,23+,24+,25?,29+/m1/s1. The van der Waals surface area contributed by atoms with E-state index in [-0.39, 0.29) is 37.4 Å². The molecule has 4 aliphatic heterocycles. The molecule has 4 heterocycles. The van der Waals surface area contributed by atoms with Crippen molar-refractivity contribution in [2.24, 2.45) is 11.8 Å². The van der Waals surface area contributed by atoms with Gasteiger partial charge in [-0.2, -0.15) is 0 Å². The van der Waals surface area contributed by atoms with Gasteiger partial charge >= 0.3 is 0 Å². The van der Waals surface area contributed by atoms with Gasteiger partial charge in [-0.25, -0.2) is 0 Å². The molecule has 4 aliphatic rings. The van der Waals surface area contributed by atoms with Crippen LogP contribution >= 0.6 is 11.6 Å². The Labute approximate surface area is 225 Å². The van der Waals surface area contributed by atoms with E-state index in [2.05, 4.69) is 0 Å². The number of likely N-dealkylation sites (tertiary alicyclic amines) is 1. The lowest BCUT2D eigenvalue weighted by molar-refractivity contribution is -0.140. The van der Waals surface area contributed by atoms with Crippen molar-refractivity contribution in [2.75, 3.05) is 36.0 Å². The molecule has 2 fully saturated rings. The molecule has 1 spiro atoms. The molecular formula is C29H28ClN3O5. The molecule has 2 saturated heterocycles. The third-order valence-electron chi connectivity index (χ3n) is 7.93. The number of para-hydroxylation sites is 2. The van der Waals surface area contributed by atoms with Crippen LogP contribution in [0.2, 0.25) is 5.02 Å². The van der Waals surface area contributed by atoms with Crippen molar-refractivity contribution in [3.63, 3.8) is 0 Å². The second kappa shape index (κ2) is 9.69. The van der Waals surface area contributed by atoms with E-state index in [0.717, 1.165) is 5.69 Å². The van der Waals surface area contributed by atoms with Gasteiger partial charge in [-0.3, -0.25) is 14.4 Å². The Balaban J connectivity index is 1.44. The second-order valence-electron chi connectivity index (χ2n) is 9.97.